The van der Waals surface area contributed by atoms with E-state index in [1.165, 1.54) is 0 Å². The first-order valence-corrected chi connectivity index (χ1v) is 9.48. The molecule has 2 aliphatic heterocycles. The van der Waals surface area contributed by atoms with Crippen LogP contribution in [-0.4, -0.2) is 39.3 Å². The lowest BCUT2D eigenvalue weighted by Gasteiger charge is -2.34. The Morgan fingerprint density at radius 2 is 1.73 bits per heavy atom. The van der Waals surface area contributed by atoms with Crippen LogP contribution in [-0.2, 0) is 4.79 Å². The fourth-order valence-electron chi connectivity index (χ4n) is 4.24. The van der Waals surface area contributed by atoms with Gasteiger partial charge >= 0.3 is 6.18 Å². The highest BCUT2D eigenvalue weighted by atomic mass is 19.4. The van der Waals surface area contributed by atoms with Crippen LogP contribution in [0.5, 0.6) is 0 Å². The molecule has 9 heteroatoms. The topological polar surface area (TPSA) is 73.0 Å². The van der Waals surface area contributed by atoms with E-state index in [9.17, 15) is 18.0 Å². The average Bonchev–Trinajstić information content (AvgIpc) is 3.30. The Kier molecular flexibility index (Phi) is 4.11. The largest absolute Gasteiger partial charge is 0.406 e. The standard InChI is InChI=1S/C21H18F3N5O/c1-11-15(18-26-13-9-5-6-10-14(13)27-18)20(30)29-19(25-11)16(12-7-3-2-4-8-12)17(28-29)21(22,23)24/h2-10,16-17,19,25,28H,1H3,(H,26,27). The Labute approximate surface area is 169 Å². The van der Waals surface area contributed by atoms with E-state index >= 15 is 0 Å². The van der Waals surface area contributed by atoms with E-state index in [0.717, 1.165) is 10.5 Å². The van der Waals surface area contributed by atoms with Crippen LogP contribution in [0, 0.1) is 0 Å². The second-order valence-electron chi connectivity index (χ2n) is 7.45. The summed E-state index contributed by atoms with van der Waals surface area (Å²) in [6, 6.07) is 13.8. The van der Waals surface area contributed by atoms with Gasteiger partial charge in [-0.15, -0.1) is 0 Å². The summed E-state index contributed by atoms with van der Waals surface area (Å²) in [7, 11) is 0. The van der Waals surface area contributed by atoms with Crippen molar-refractivity contribution in [3.05, 3.63) is 71.7 Å². The summed E-state index contributed by atoms with van der Waals surface area (Å²) in [4.78, 5) is 20.8. The number of rotatable bonds is 2. The van der Waals surface area contributed by atoms with E-state index in [0.29, 0.717) is 22.6 Å². The first-order valence-electron chi connectivity index (χ1n) is 9.48. The molecule has 3 heterocycles. The fraction of sp³-hybridized carbons (Fsp3) is 0.238. The number of aromatic nitrogens is 2. The molecule has 0 aliphatic carbocycles. The summed E-state index contributed by atoms with van der Waals surface area (Å²) in [5.74, 6) is -1.23. The zero-order valence-corrected chi connectivity index (χ0v) is 15.9. The number of nitrogens with zero attached hydrogens (tertiary/aromatic N) is 2. The molecule has 0 radical (unpaired) electrons. The average molecular weight is 413 g/mol. The molecule has 6 nitrogen and oxygen atoms in total. The molecule has 3 atom stereocenters. The van der Waals surface area contributed by atoms with Gasteiger partial charge in [0, 0.05) is 5.70 Å². The fourth-order valence-corrected chi connectivity index (χ4v) is 4.24. The first kappa shape index (κ1) is 18.7. The Morgan fingerprint density at radius 3 is 2.43 bits per heavy atom. The third-order valence-electron chi connectivity index (χ3n) is 5.59. The molecule has 3 unspecified atom stereocenters. The number of para-hydroxylation sites is 2. The number of H-pyrrole nitrogens is 1. The Morgan fingerprint density at radius 1 is 1.03 bits per heavy atom. The minimum atomic E-state index is -4.53. The smallest absolute Gasteiger partial charge is 0.366 e. The predicted octanol–water partition coefficient (Wildman–Crippen LogP) is 3.28. The van der Waals surface area contributed by atoms with E-state index < -0.39 is 30.2 Å². The van der Waals surface area contributed by atoms with Crippen LogP contribution >= 0.6 is 0 Å². The highest BCUT2D eigenvalue weighted by Crippen LogP contribution is 2.42. The molecule has 5 rings (SSSR count). The molecular formula is C21H18F3N5O. The van der Waals surface area contributed by atoms with Crippen molar-refractivity contribution in [2.24, 2.45) is 0 Å². The number of benzene rings is 2. The number of allylic oxidation sites excluding steroid dienone is 1. The summed E-state index contributed by atoms with van der Waals surface area (Å²) in [6.07, 6.45) is -5.41. The quantitative estimate of drug-likeness (QED) is 0.603. The van der Waals surface area contributed by atoms with E-state index in [1.54, 1.807) is 43.3 Å². The van der Waals surface area contributed by atoms with Gasteiger partial charge in [-0.3, -0.25) is 4.79 Å². The number of alkyl halides is 3. The first-order chi connectivity index (χ1) is 14.3. The van der Waals surface area contributed by atoms with Crippen LogP contribution < -0.4 is 10.7 Å². The van der Waals surface area contributed by atoms with Gasteiger partial charge < -0.3 is 10.3 Å². The molecule has 1 fully saturated rings. The van der Waals surface area contributed by atoms with Crippen LogP contribution in [0.4, 0.5) is 13.2 Å². The second-order valence-corrected chi connectivity index (χ2v) is 7.45. The maximum Gasteiger partial charge on any atom is 0.406 e. The molecule has 154 valence electrons. The van der Waals surface area contributed by atoms with Gasteiger partial charge in [0.15, 0.2) is 0 Å². The van der Waals surface area contributed by atoms with Gasteiger partial charge in [0.2, 0.25) is 0 Å². The Hall–Kier alpha value is -3.33. The second kappa shape index (κ2) is 6.60. The molecule has 0 spiro atoms. The summed E-state index contributed by atoms with van der Waals surface area (Å²) in [6.45, 7) is 1.68. The van der Waals surface area contributed by atoms with Gasteiger partial charge in [0.05, 0.1) is 17.0 Å². The molecule has 1 aromatic heterocycles. The Balaban J connectivity index is 1.58. The number of fused-ring (bicyclic) bond motifs is 2. The summed E-state index contributed by atoms with van der Waals surface area (Å²) >= 11 is 0. The van der Waals surface area contributed by atoms with Gasteiger partial charge in [0.25, 0.3) is 5.91 Å². The molecule has 3 aromatic rings. The lowest BCUT2D eigenvalue weighted by Crippen LogP contribution is -2.54. The van der Waals surface area contributed by atoms with Gasteiger partial charge in [-0.25, -0.2) is 15.4 Å². The van der Waals surface area contributed by atoms with Crippen LogP contribution in [0.15, 0.2) is 60.3 Å². The predicted molar refractivity (Wildman–Crippen MR) is 105 cm³/mol. The van der Waals surface area contributed by atoms with Crippen molar-refractivity contribution < 1.29 is 18.0 Å². The third kappa shape index (κ3) is 2.85. The normalized spacial score (nSPS) is 24.3. The van der Waals surface area contributed by atoms with Gasteiger partial charge in [-0.2, -0.15) is 13.2 Å². The van der Waals surface area contributed by atoms with Crippen LogP contribution in [0.3, 0.4) is 0 Å². The van der Waals surface area contributed by atoms with Crippen molar-refractivity contribution >= 4 is 22.5 Å². The summed E-state index contributed by atoms with van der Waals surface area (Å²) in [5.41, 5.74) is 5.01. The molecule has 0 saturated carbocycles. The van der Waals surface area contributed by atoms with Gasteiger partial charge in [-0.05, 0) is 24.6 Å². The number of carbonyl (C=O) groups is 1. The number of hydrogen-bond donors (Lipinski definition) is 3. The minimum absolute atomic E-state index is 0.213. The van der Waals surface area contributed by atoms with Gasteiger partial charge in [0.1, 0.15) is 23.6 Å². The maximum absolute atomic E-state index is 13.9. The molecule has 2 aliphatic rings. The number of carbonyl (C=O) groups excluding carboxylic acids is 1. The van der Waals surface area contributed by atoms with Crippen molar-refractivity contribution in [3.8, 4) is 0 Å². The monoisotopic (exact) mass is 413 g/mol. The highest BCUT2D eigenvalue weighted by molar-refractivity contribution is 6.20. The molecule has 2 aromatic carbocycles. The SMILES string of the molecule is CC1=C(c2nc3ccccc3[nH]2)C(=O)N2NC(C(F)(F)F)C(c3ccccc3)C2N1. The minimum Gasteiger partial charge on any atom is -0.366 e. The van der Waals surface area contributed by atoms with E-state index in [2.05, 4.69) is 20.7 Å². The van der Waals surface area contributed by atoms with E-state index in [1.807, 2.05) is 18.2 Å². The number of imidazole rings is 1. The zero-order chi connectivity index (χ0) is 21.0. The van der Waals surface area contributed by atoms with E-state index in [-0.39, 0.29) is 5.57 Å². The maximum atomic E-state index is 13.9. The highest BCUT2D eigenvalue weighted by Gasteiger charge is 2.57. The molecule has 3 N–H and O–H groups in total. The number of nitrogens with one attached hydrogen (secondary N) is 3. The number of aromatic amines is 1. The third-order valence-corrected chi connectivity index (χ3v) is 5.59. The molecule has 1 saturated heterocycles. The number of amides is 1. The molecule has 1 amide bonds. The molecule has 0 bridgehead atoms. The van der Waals surface area contributed by atoms with Crippen molar-refractivity contribution in [1.29, 1.82) is 0 Å². The number of hydrazine groups is 1. The van der Waals surface area contributed by atoms with Crippen molar-refractivity contribution in [3.63, 3.8) is 0 Å². The zero-order valence-electron chi connectivity index (χ0n) is 15.9. The van der Waals surface area contributed by atoms with E-state index in [4.69, 9.17) is 0 Å². The molecular weight excluding hydrogens is 395 g/mol. The Bertz CT molecular complexity index is 1120. The van der Waals surface area contributed by atoms with Crippen molar-refractivity contribution in [1.82, 2.24) is 25.7 Å². The summed E-state index contributed by atoms with van der Waals surface area (Å²) in [5, 5.41) is 4.16. The van der Waals surface area contributed by atoms with Gasteiger partial charge in [-0.1, -0.05) is 42.5 Å². The number of hydrogen-bond acceptors (Lipinski definition) is 4. The lowest BCUT2D eigenvalue weighted by molar-refractivity contribution is -0.161. The lowest BCUT2D eigenvalue weighted by atomic mass is 9.89. The van der Waals surface area contributed by atoms with Crippen molar-refractivity contribution in [2.45, 2.75) is 31.2 Å². The van der Waals surface area contributed by atoms with Crippen molar-refractivity contribution in [2.75, 3.05) is 0 Å². The van der Waals surface area contributed by atoms with Crippen LogP contribution in [0.1, 0.15) is 24.2 Å². The molecule has 30 heavy (non-hydrogen) atoms. The van der Waals surface area contributed by atoms with Crippen LogP contribution in [0.2, 0.25) is 0 Å². The van der Waals surface area contributed by atoms with Crippen LogP contribution in [0.25, 0.3) is 16.6 Å². The summed E-state index contributed by atoms with van der Waals surface area (Å²) < 4.78 is 41.6. The number of halogens is 3.